The molecule has 1 amide bonds. The van der Waals surface area contributed by atoms with Gasteiger partial charge in [-0.1, -0.05) is 0 Å². The van der Waals surface area contributed by atoms with Crippen molar-refractivity contribution >= 4 is 39.3 Å². The lowest BCUT2D eigenvalue weighted by atomic mass is 9.97. The van der Waals surface area contributed by atoms with Gasteiger partial charge in [-0.3, -0.25) is 9.48 Å². The SMILES string of the molecule is COC(=O)c1cc(Nc2nn([C@@H]3COCC[C@H]3C#N)cc2C(N)=O)cc(C)c1Br. The van der Waals surface area contributed by atoms with Gasteiger partial charge in [-0.15, -0.1) is 0 Å². The van der Waals surface area contributed by atoms with Gasteiger partial charge in [-0.2, -0.15) is 10.4 Å². The maximum Gasteiger partial charge on any atom is 0.339 e. The van der Waals surface area contributed by atoms with Crippen LogP contribution in [-0.2, 0) is 9.47 Å². The number of anilines is 2. The molecule has 1 aliphatic rings. The first-order chi connectivity index (χ1) is 13.8. The number of rotatable bonds is 5. The quantitative estimate of drug-likeness (QED) is 0.653. The van der Waals surface area contributed by atoms with Crippen molar-refractivity contribution in [2.24, 2.45) is 11.7 Å². The van der Waals surface area contributed by atoms with E-state index in [4.69, 9.17) is 15.2 Å². The second kappa shape index (κ2) is 8.63. The fourth-order valence-corrected chi connectivity index (χ4v) is 3.60. The predicted octanol–water partition coefficient (Wildman–Crippen LogP) is 2.68. The van der Waals surface area contributed by atoms with Crippen molar-refractivity contribution in [1.29, 1.82) is 5.26 Å². The van der Waals surface area contributed by atoms with Gasteiger partial charge in [0.05, 0.1) is 37.3 Å². The Hall–Kier alpha value is -2.90. The molecule has 3 N–H and O–H groups in total. The first-order valence-electron chi connectivity index (χ1n) is 8.87. The molecular formula is C19H20BrN5O4. The highest BCUT2D eigenvalue weighted by Crippen LogP contribution is 2.31. The van der Waals surface area contributed by atoms with Gasteiger partial charge in [0.1, 0.15) is 5.56 Å². The summed E-state index contributed by atoms with van der Waals surface area (Å²) in [5.74, 6) is -1.21. The number of nitrogens with one attached hydrogen (secondary N) is 1. The number of nitrogens with zero attached hydrogens (tertiary/aromatic N) is 3. The standard InChI is InChI=1S/C19H20BrN5O4/c1-10-5-12(6-13(16(10)20)19(27)28-2)23-18-14(17(22)26)8-25(24-18)15-9-29-4-3-11(15)7-21/h5-6,8,11,15H,3-4,9H2,1-2H3,(H2,22,26)(H,23,24)/t11-,15+/m0/s1. The molecule has 2 heterocycles. The Bertz CT molecular complexity index is 997. The highest BCUT2D eigenvalue weighted by Gasteiger charge is 2.29. The maximum atomic E-state index is 12.0. The molecule has 1 saturated heterocycles. The summed E-state index contributed by atoms with van der Waals surface area (Å²) in [7, 11) is 1.30. The number of nitriles is 1. The van der Waals surface area contributed by atoms with Gasteiger partial charge in [0.2, 0.25) is 0 Å². The van der Waals surface area contributed by atoms with Crippen LogP contribution in [0.4, 0.5) is 11.5 Å². The largest absolute Gasteiger partial charge is 0.465 e. The lowest BCUT2D eigenvalue weighted by Gasteiger charge is -2.26. The van der Waals surface area contributed by atoms with Crippen LogP contribution in [0.2, 0.25) is 0 Å². The summed E-state index contributed by atoms with van der Waals surface area (Å²) in [5, 5.41) is 16.9. The van der Waals surface area contributed by atoms with Crippen molar-refractivity contribution in [3.63, 3.8) is 0 Å². The number of esters is 1. The normalized spacial score (nSPS) is 18.7. The van der Waals surface area contributed by atoms with Crippen LogP contribution in [0.3, 0.4) is 0 Å². The summed E-state index contributed by atoms with van der Waals surface area (Å²) >= 11 is 3.38. The average molecular weight is 462 g/mol. The van der Waals surface area contributed by atoms with E-state index >= 15 is 0 Å². The van der Waals surface area contributed by atoms with Crippen molar-refractivity contribution < 1.29 is 19.1 Å². The number of halogens is 1. The van der Waals surface area contributed by atoms with Gasteiger partial charge in [-0.25, -0.2) is 4.79 Å². The molecule has 0 unspecified atom stereocenters. The summed E-state index contributed by atoms with van der Waals surface area (Å²) in [5.41, 5.74) is 7.36. The van der Waals surface area contributed by atoms with E-state index in [0.29, 0.717) is 35.4 Å². The lowest BCUT2D eigenvalue weighted by molar-refractivity contribution is 0.0342. The van der Waals surface area contributed by atoms with Gasteiger partial charge < -0.3 is 20.5 Å². The van der Waals surface area contributed by atoms with Crippen molar-refractivity contribution in [1.82, 2.24) is 9.78 Å². The van der Waals surface area contributed by atoms with E-state index in [9.17, 15) is 14.9 Å². The number of amides is 1. The molecule has 0 spiro atoms. The summed E-state index contributed by atoms with van der Waals surface area (Å²) in [6, 6.07) is 5.33. The molecule has 1 aromatic carbocycles. The zero-order valence-electron chi connectivity index (χ0n) is 15.9. The molecule has 0 aliphatic carbocycles. The maximum absolute atomic E-state index is 12.0. The summed E-state index contributed by atoms with van der Waals surface area (Å²) in [6.07, 6.45) is 2.10. The van der Waals surface area contributed by atoms with Gasteiger partial charge in [0.25, 0.3) is 5.91 Å². The minimum atomic E-state index is -0.661. The summed E-state index contributed by atoms with van der Waals surface area (Å²) < 4.78 is 12.4. The van der Waals surface area contributed by atoms with E-state index < -0.39 is 11.9 Å². The van der Waals surface area contributed by atoms with E-state index in [1.165, 1.54) is 13.3 Å². The number of carbonyl (C=O) groups is 2. The summed E-state index contributed by atoms with van der Waals surface area (Å²) in [4.78, 5) is 24.0. The molecule has 152 valence electrons. The van der Waals surface area contributed by atoms with Gasteiger partial charge in [0, 0.05) is 23.0 Å². The van der Waals surface area contributed by atoms with Crippen LogP contribution < -0.4 is 11.1 Å². The molecule has 1 aliphatic heterocycles. The third kappa shape index (κ3) is 4.26. The van der Waals surface area contributed by atoms with Crippen LogP contribution in [0.15, 0.2) is 22.8 Å². The number of aromatic nitrogens is 2. The molecule has 1 aromatic heterocycles. The molecule has 2 atom stereocenters. The number of carbonyl (C=O) groups excluding carboxylic acids is 2. The molecule has 3 rings (SSSR count). The Balaban J connectivity index is 1.98. The van der Waals surface area contributed by atoms with Gasteiger partial charge >= 0.3 is 5.97 Å². The van der Waals surface area contributed by atoms with Gasteiger partial charge in [-0.05, 0) is 47.0 Å². The Kier molecular flexibility index (Phi) is 6.20. The molecule has 0 saturated carbocycles. The van der Waals surface area contributed by atoms with Gasteiger partial charge in [0.15, 0.2) is 5.82 Å². The van der Waals surface area contributed by atoms with Crippen LogP contribution in [0, 0.1) is 24.2 Å². The van der Waals surface area contributed by atoms with E-state index in [1.54, 1.807) is 16.8 Å². The van der Waals surface area contributed by atoms with Crippen molar-refractivity contribution in [2.45, 2.75) is 19.4 Å². The minimum Gasteiger partial charge on any atom is -0.465 e. The number of aryl methyl sites for hydroxylation is 1. The second-order valence-corrected chi connectivity index (χ2v) is 7.47. The molecular weight excluding hydrogens is 442 g/mol. The number of methoxy groups -OCH3 is 1. The number of ether oxygens (including phenoxy) is 2. The molecule has 0 bridgehead atoms. The molecule has 10 heteroatoms. The first kappa shape index (κ1) is 20.8. The van der Waals surface area contributed by atoms with Crippen molar-refractivity contribution in [2.75, 3.05) is 25.6 Å². The topological polar surface area (TPSA) is 132 Å². The molecule has 2 aromatic rings. The highest BCUT2D eigenvalue weighted by atomic mass is 79.9. The number of hydrogen-bond acceptors (Lipinski definition) is 7. The minimum absolute atomic E-state index is 0.174. The van der Waals surface area contributed by atoms with E-state index in [2.05, 4.69) is 32.4 Å². The molecule has 9 nitrogen and oxygen atoms in total. The van der Waals surface area contributed by atoms with Crippen LogP contribution in [0.25, 0.3) is 0 Å². The Labute approximate surface area is 175 Å². The third-order valence-corrected chi connectivity index (χ3v) is 5.80. The predicted molar refractivity (Wildman–Crippen MR) is 108 cm³/mol. The number of benzene rings is 1. The second-order valence-electron chi connectivity index (χ2n) is 6.67. The zero-order chi connectivity index (χ0) is 21.1. The fraction of sp³-hybridized carbons (Fsp3) is 0.368. The molecule has 1 fully saturated rings. The fourth-order valence-electron chi connectivity index (χ4n) is 3.21. The monoisotopic (exact) mass is 461 g/mol. The highest BCUT2D eigenvalue weighted by molar-refractivity contribution is 9.10. The first-order valence-corrected chi connectivity index (χ1v) is 9.66. The van der Waals surface area contributed by atoms with E-state index in [1.807, 2.05) is 6.92 Å². The number of nitrogens with two attached hydrogens (primary N) is 1. The van der Waals surface area contributed by atoms with Crippen LogP contribution >= 0.6 is 15.9 Å². The van der Waals surface area contributed by atoms with Crippen LogP contribution in [0.1, 0.15) is 38.7 Å². The number of hydrogen-bond donors (Lipinski definition) is 2. The van der Waals surface area contributed by atoms with Crippen LogP contribution in [0.5, 0.6) is 0 Å². The molecule has 0 radical (unpaired) electrons. The van der Waals surface area contributed by atoms with E-state index in [0.717, 1.165) is 5.56 Å². The Morgan fingerprint density at radius 3 is 2.86 bits per heavy atom. The molecule has 29 heavy (non-hydrogen) atoms. The Morgan fingerprint density at radius 2 is 2.21 bits per heavy atom. The zero-order valence-corrected chi connectivity index (χ0v) is 17.5. The van der Waals surface area contributed by atoms with Crippen molar-refractivity contribution in [3.8, 4) is 6.07 Å². The summed E-state index contributed by atoms with van der Waals surface area (Å²) in [6.45, 7) is 2.66. The van der Waals surface area contributed by atoms with Crippen LogP contribution in [-0.4, -0.2) is 42.0 Å². The average Bonchev–Trinajstić information content (AvgIpc) is 3.13. The third-order valence-electron chi connectivity index (χ3n) is 4.75. The van der Waals surface area contributed by atoms with Crippen molar-refractivity contribution in [3.05, 3.63) is 39.5 Å². The smallest absolute Gasteiger partial charge is 0.339 e. The number of primary amides is 1. The lowest BCUT2D eigenvalue weighted by Crippen LogP contribution is -2.29. The Morgan fingerprint density at radius 1 is 1.45 bits per heavy atom. The van der Waals surface area contributed by atoms with E-state index in [-0.39, 0.29) is 23.3 Å².